The van der Waals surface area contributed by atoms with E-state index < -0.39 is 0 Å². The molecule has 2 atom stereocenters. The zero-order valence-corrected chi connectivity index (χ0v) is 15.4. The summed E-state index contributed by atoms with van der Waals surface area (Å²) in [6.07, 6.45) is 1.66. The highest BCUT2D eigenvalue weighted by atomic mass is 35.5. The second-order valence-corrected chi connectivity index (χ2v) is 6.72. The number of hydrogen-bond acceptors (Lipinski definition) is 3. The maximum atomic E-state index is 12.5. The lowest BCUT2D eigenvalue weighted by molar-refractivity contribution is -0.120. The van der Waals surface area contributed by atoms with Gasteiger partial charge >= 0.3 is 0 Å². The number of carbonyl (C=O) groups excluding carboxylic acids is 2. The van der Waals surface area contributed by atoms with Gasteiger partial charge in [0, 0.05) is 18.5 Å². The highest BCUT2D eigenvalue weighted by Gasteiger charge is 2.25. The summed E-state index contributed by atoms with van der Waals surface area (Å²) in [4.78, 5) is 24.8. The first-order chi connectivity index (χ1) is 11.0. The molecule has 0 aromatic heterocycles. The second-order valence-electron chi connectivity index (χ2n) is 6.72. The molecule has 0 spiro atoms. The predicted molar refractivity (Wildman–Crippen MR) is 99.7 cm³/mol. The summed E-state index contributed by atoms with van der Waals surface area (Å²) < 4.78 is 0. The van der Waals surface area contributed by atoms with Crippen LogP contribution in [0.25, 0.3) is 0 Å². The number of halogens is 1. The van der Waals surface area contributed by atoms with E-state index in [0.717, 1.165) is 19.4 Å². The van der Waals surface area contributed by atoms with E-state index in [-0.39, 0.29) is 30.1 Å². The third kappa shape index (κ3) is 5.80. The van der Waals surface area contributed by atoms with Gasteiger partial charge in [0.15, 0.2) is 0 Å². The zero-order chi connectivity index (χ0) is 16.8. The SMILES string of the molecule is CC(C)CNC(=O)c1ccccc1NC(=O)[C@H]1CCN[C@@H](C)C1.Cl. The van der Waals surface area contributed by atoms with E-state index in [0.29, 0.717) is 29.8 Å². The number of amides is 2. The van der Waals surface area contributed by atoms with Crippen LogP contribution in [0.5, 0.6) is 0 Å². The Morgan fingerprint density at radius 2 is 2.00 bits per heavy atom. The van der Waals surface area contributed by atoms with Crippen LogP contribution in [0.2, 0.25) is 0 Å². The van der Waals surface area contributed by atoms with Gasteiger partial charge in [-0.05, 0) is 44.4 Å². The highest BCUT2D eigenvalue weighted by molar-refractivity contribution is 6.04. The third-order valence-corrected chi connectivity index (χ3v) is 4.09. The fraction of sp³-hybridized carbons (Fsp3) is 0.556. The van der Waals surface area contributed by atoms with E-state index in [2.05, 4.69) is 22.9 Å². The van der Waals surface area contributed by atoms with Crippen molar-refractivity contribution in [2.75, 3.05) is 18.4 Å². The number of benzene rings is 1. The monoisotopic (exact) mass is 353 g/mol. The van der Waals surface area contributed by atoms with E-state index >= 15 is 0 Å². The Kier molecular flexibility index (Phi) is 8.22. The number of carbonyl (C=O) groups is 2. The van der Waals surface area contributed by atoms with Crippen LogP contribution < -0.4 is 16.0 Å². The summed E-state index contributed by atoms with van der Waals surface area (Å²) in [5, 5.41) is 9.18. The Morgan fingerprint density at radius 1 is 1.29 bits per heavy atom. The lowest BCUT2D eigenvalue weighted by atomic mass is 9.92. The number of piperidine rings is 1. The van der Waals surface area contributed by atoms with Crippen LogP contribution in [0, 0.1) is 11.8 Å². The molecule has 134 valence electrons. The van der Waals surface area contributed by atoms with E-state index in [1.165, 1.54) is 0 Å². The summed E-state index contributed by atoms with van der Waals surface area (Å²) in [6, 6.07) is 7.53. The number of hydrogen-bond donors (Lipinski definition) is 3. The average molecular weight is 354 g/mol. The van der Waals surface area contributed by atoms with Crippen molar-refractivity contribution < 1.29 is 9.59 Å². The van der Waals surface area contributed by atoms with Crippen LogP contribution >= 0.6 is 12.4 Å². The van der Waals surface area contributed by atoms with Crippen LogP contribution in [0.15, 0.2) is 24.3 Å². The van der Waals surface area contributed by atoms with Crippen molar-refractivity contribution in [1.29, 1.82) is 0 Å². The van der Waals surface area contributed by atoms with Gasteiger partial charge in [-0.25, -0.2) is 0 Å². The van der Waals surface area contributed by atoms with E-state index in [4.69, 9.17) is 0 Å². The smallest absolute Gasteiger partial charge is 0.253 e. The van der Waals surface area contributed by atoms with Gasteiger partial charge in [0.05, 0.1) is 11.3 Å². The van der Waals surface area contributed by atoms with Crippen LogP contribution in [-0.2, 0) is 4.79 Å². The molecule has 0 unspecified atom stereocenters. The highest BCUT2D eigenvalue weighted by Crippen LogP contribution is 2.21. The van der Waals surface area contributed by atoms with Crippen molar-refractivity contribution in [2.24, 2.45) is 11.8 Å². The van der Waals surface area contributed by atoms with Crippen molar-refractivity contribution >= 4 is 29.9 Å². The van der Waals surface area contributed by atoms with Gasteiger partial charge in [-0.1, -0.05) is 26.0 Å². The molecule has 0 aliphatic carbocycles. The molecule has 24 heavy (non-hydrogen) atoms. The first-order valence-electron chi connectivity index (χ1n) is 8.39. The molecule has 3 N–H and O–H groups in total. The molecule has 1 aliphatic heterocycles. The summed E-state index contributed by atoms with van der Waals surface area (Å²) in [6.45, 7) is 7.66. The van der Waals surface area contributed by atoms with Crippen molar-refractivity contribution in [3.8, 4) is 0 Å². The van der Waals surface area contributed by atoms with E-state index in [9.17, 15) is 9.59 Å². The normalized spacial score (nSPS) is 20.2. The van der Waals surface area contributed by atoms with Gasteiger partial charge in [-0.3, -0.25) is 9.59 Å². The molecular formula is C18H28ClN3O2. The summed E-state index contributed by atoms with van der Waals surface area (Å²) >= 11 is 0. The molecule has 1 fully saturated rings. The van der Waals surface area contributed by atoms with E-state index in [1.54, 1.807) is 12.1 Å². The van der Waals surface area contributed by atoms with Gasteiger partial charge < -0.3 is 16.0 Å². The summed E-state index contributed by atoms with van der Waals surface area (Å²) in [7, 11) is 0. The number of rotatable bonds is 5. The van der Waals surface area contributed by atoms with Gasteiger partial charge in [0.25, 0.3) is 5.91 Å². The molecule has 2 rings (SSSR count). The molecule has 1 aliphatic rings. The van der Waals surface area contributed by atoms with Gasteiger partial charge in [-0.15, -0.1) is 12.4 Å². The molecular weight excluding hydrogens is 326 g/mol. The lowest BCUT2D eigenvalue weighted by Crippen LogP contribution is -2.40. The molecule has 6 heteroatoms. The van der Waals surface area contributed by atoms with Crippen LogP contribution in [0.4, 0.5) is 5.69 Å². The second kappa shape index (κ2) is 9.64. The number of anilines is 1. The molecule has 1 saturated heterocycles. The van der Waals surface area contributed by atoms with Crippen LogP contribution in [0.3, 0.4) is 0 Å². The minimum absolute atomic E-state index is 0. The summed E-state index contributed by atoms with van der Waals surface area (Å²) in [5.41, 5.74) is 1.11. The molecule has 2 amide bonds. The predicted octanol–water partition coefficient (Wildman–Crippen LogP) is 2.82. The molecule has 1 aromatic rings. The molecule has 0 saturated carbocycles. The quantitative estimate of drug-likeness (QED) is 0.762. The largest absolute Gasteiger partial charge is 0.352 e. The molecule has 1 aromatic carbocycles. The number of nitrogens with one attached hydrogen (secondary N) is 3. The fourth-order valence-corrected chi connectivity index (χ4v) is 2.79. The van der Waals surface area contributed by atoms with Crippen molar-refractivity contribution in [3.63, 3.8) is 0 Å². The molecule has 0 bridgehead atoms. The Hall–Kier alpha value is -1.59. The van der Waals surface area contributed by atoms with Crippen molar-refractivity contribution in [1.82, 2.24) is 10.6 Å². The molecule has 5 nitrogen and oxygen atoms in total. The van der Waals surface area contributed by atoms with Gasteiger partial charge in [0.1, 0.15) is 0 Å². The molecule has 0 radical (unpaired) electrons. The summed E-state index contributed by atoms with van der Waals surface area (Å²) in [5.74, 6) is 0.241. The van der Waals surface area contributed by atoms with Crippen molar-refractivity contribution in [3.05, 3.63) is 29.8 Å². The zero-order valence-electron chi connectivity index (χ0n) is 14.6. The third-order valence-electron chi connectivity index (χ3n) is 4.09. The maximum absolute atomic E-state index is 12.5. The fourth-order valence-electron chi connectivity index (χ4n) is 2.79. The first kappa shape index (κ1) is 20.5. The van der Waals surface area contributed by atoms with Crippen LogP contribution in [-0.4, -0.2) is 30.9 Å². The Labute approximate surface area is 150 Å². The standard InChI is InChI=1S/C18H27N3O2.ClH/c1-12(2)11-20-18(23)15-6-4-5-7-16(15)21-17(22)14-8-9-19-13(3)10-14;/h4-7,12-14,19H,8-11H2,1-3H3,(H,20,23)(H,21,22);1H/t13-,14-;/m0./s1. The molecule has 1 heterocycles. The Morgan fingerprint density at radius 3 is 2.67 bits per heavy atom. The maximum Gasteiger partial charge on any atom is 0.253 e. The van der Waals surface area contributed by atoms with Gasteiger partial charge in [0.2, 0.25) is 5.91 Å². The first-order valence-corrected chi connectivity index (χ1v) is 8.39. The van der Waals surface area contributed by atoms with E-state index in [1.807, 2.05) is 26.0 Å². The Balaban J connectivity index is 0.00000288. The van der Waals surface area contributed by atoms with Crippen molar-refractivity contribution in [2.45, 2.75) is 39.7 Å². The minimum Gasteiger partial charge on any atom is -0.352 e. The van der Waals surface area contributed by atoms with Gasteiger partial charge in [-0.2, -0.15) is 0 Å². The van der Waals surface area contributed by atoms with Crippen LogP contribution in [0.1, 0.15) is 44.0 Å². The topological polar surface area (TPSA) is 70.2 Å². The Bertz CT molecular complexity index is 563. The lowest BCUT2D eigenvalue weighted by Gasteiger charge is -2.27. The number of para-hydroxylation sites is 1. The minimum atomic E-state index is -0.145. The average Bonchev–Trinajstić information content (AvgIpc) is 2.53.